The molecule has 0 fully saturated rings. The topological polar surface area (TPSA) is 46.2 Å². The van der Waals surface area contributed by atoms with E-state index < -0.39 is 23.7 Å². The molecule has 3 N–H and O–H groups in total. The molecule has 21 heavy (non-hydrogen) atoms. The van der Waals surface area contributed by atoms with Crippen molar-refractivity contribution in [3.8, 4) is 0 Å². The van der Waals surface area contributed by atoms with E-state index in [0.717, 1.165) is 17.2 Å². The molecule has 0 radical (unpaired) electrons. The molecule has 0 saturated carbocycles. The van der Waals surface area contributed by atoms with Crippen LogP contribution in [0.1, 0.15) is 34.3 Å². The molecule has 0 amide bonds. The predicted octanol–water partition coefficient (Wildman–Crippen LogP) is 3.36. The molecule has 4 heteroatoms. The Bertz CT molecular complexity index is 643. The average molecular weight is 291 g/mol. The van der Waals surface area contributed by atoms with Crippen LogP contribution < -0.4 is 5.73 Å². The minimum Gasteiger partial charge on any atom is -0.388 e. The van der Waals surface area contributed by atoms with Gasteiger partial charge in [-0.2, -0.15) is 0 Å². The normalized spacial score (nSPS) is 14.0. The van der Waals surface area contributed by atoms with E-state index in [0.29, 0.717) is 5.56 Å². The van der Waals surface area contributed by atoms with Crippen LogP contribution in [0.5, 0.6) is 0 Å². The van der Waals surface area contributed by atoms with Gasteiger partial charge in [-0.25, -0.2) is 8.78 Å². The van der Waals surface area contributed by atoms with Crippen molar-refractivity contribution in [2.24, 2.45) is 5.73 Å². The van der Waals surface area contributed by atoms with E-state index in [-0.39, 0.29) is 12.1 Å². The Labute approximate surface area is 123 Å². The lowest BCUT2D eigenvalue weighted by Gasteiger charge is -2.24. The molecular formula is C17H19F2NO. The van der Waals surface area contributed by atoms with Crippen molar-refractivity contribution in [2.45, 2.75) is 25.9 Å². The van der Waals surface area contributed by atoms with Crippen molar-refractivity contribution in [3.05, 3.63) is 70.3 Å². The van der Waals surface area contributed by atoms with Crippen molar-refractivity contribution < 1.29 is 13.9 Å². The molecule has 0 saturated heterocycles. The fourth-order valence-electron chi connectivity index (χ4n) is 2.52. The van der Waals surface area contributed by atoms with Gasteiger partial charge in [0.15, 0.2) is 0 Å². The van der Waals surface area contributed by atoms with E-state index in [2.05, 4.69) is 0 Å². The summed E-state index contributed by atoms with van der Waals surface area (Å²) in [7, 11) is 0. The third kappa shape index (κ3) is 3.28. The van der Waals surface area contributed by atoms with Gasteiger partial charge in [0, 0.05) is 18.5 Å². The molecule has 2 aromatic carbocycles. The predicted molar refractivity (Wildman–Crippen MR) is 79.0 cm³/mol. The van der Waals surface area contributed by atoms with Crippen LogP contribution in [-0.4, -0.2) is 11.7 Å². The highest BCUT2D eigenvalue weighted by Gasteiger charge is 2.25. The van der Waals surface area contributed by atoms with Crippen LogP contribution in [0.25, 0.3) is 0 Å². The first kappa shape index (κ1) is 15.6. The van der Waals surface area contributed by atoms with Gasteiger partial charge in [-0.15, -0.1) is 0 Å². The number of hydrogen-bond donors (Lipinski definition) is 2. The molecule has 2 atom stereocenters. The van der Waals surface area contributed by atoms with Crippen LogP contribution in [0, 0.1) is 25.5 Å². The molecule has 2 nitrogen and oxygen atoms in total. The average Bonchev–Trinajstić information content (AvgIpc) is 2.44. The second-order valence-corrected chi connectivity index (χ2v) is 5.31. The highest BCUT2D eigenvalue weighted by atomic mass is 19.1. The lowest BCUT2D eigenvalue weighted by Crippen LogP contribution is -2.22. The summed E-state index contributed by atoms with van der Waals surface area (Å²) in [4.78, 5) is 0. The van der Waals surface area contributed by atoms with Crippen molar-refractivity contribution in [2.75, 3.05) is 6.54 Å². The molecule has 0 aliphatic carbocycles. The molecule has 2 unspecified atom stereocenters. The van der Waals surface area contributed by atoms with Crippen LogP contribution in [-0.2, 0) is 0 Å². The zero-order chi connectivity index (χ0) is 15.6. The standard InChI is InChI=1S/C17H19F2NO/c1-10-3-4-11(2)14(7-10)17(21)15(9-20)13-6-5-12(18)8-16(13)19/h3-8,15,17,21H,9,20H2,1-2H3. The molecule has 0 spiro atoms. The van der Waals surface area contributed by atoms with Crippen LogP contribution in [0.2, 0.25) is 0 Å². The van der Waals surface area contributed by atoms with Crippen molar-refractivity contribution in [1.29, 1.82) is 0 Å². The fourth-order valence-corrected chi connectivity index (χ4v) is 2.52. The Morgan fingerprint density at radius 2 is 1.76 bits per heavy atom. The first-order valence-corrected chi connectivity index (χ1v) is 6.84. The van der Waals surface area contributed by atoms with E-state index in [9.17, 15) is 13.9 Å². The first-order valence-electron chi connectivity index (χ1n) is 6.84. The fraction of sp³-hybridized carbons (Fsp3) is 0.294. The number of halogens is 2. The van der Waals surface area contributed by atoms with Crippen molar-refractivity contribution in [1.82, 2.24) is 0 Å². The molecule has 2 rings (SSSR count). The molecular weight excluding hydrogens is 272 g/mol. The minimum absolute atomic E-state index is 0.0666. The summed E-state index contributed by atoms with van der Waals surface area (Å²) in [5, 5.41) is 10.6. The third-order valence-corrected chi connectivity index (χ3v) is 3.75. The van der Waals surface area contributed by atoms with Gasteiger partial charge >= 0.3 is 0 Å². The van der Waals surface area contributed by atoms with E-state index in [4.69, 9.17) is 5.73 Å². The Hall–Kier alpha value is -1.78. The first-order chi connectivity index (χ1) is 9.93. The number of benzene rings is 2. The number of rotatable bonds is 4. The van der Waals surface area contributed by atoms with E-state index in [1.165, 1.54) is 12.1 Å². The highest BCUT2D eigenvalue weighted by molar-refractivity contribution is 5.35. The lowest BCUT2D eigenvalue weighted by atomic mass is 9.86. The smallest absolute Gasteiger partial charge is 0.129 e. The molecule has 0 bridgehead atoms. The Balaban J connectivity index is 2.43. The van der Waals surface area contributed by atoms with Gasteiger partial charge in [0.05, 0.1) is 6.10 Å². The van der Waals surface area contributed by atoms with E-state index in [1.807, 2.05) is 32.0 Å². The molecule has 0 aliphatic heterocycles. The summed E-state index contributed by atoms with van der Waals surface area (Å²) in [6.45, 7) is 3.87. The van der Waals surface area contributed by atoms with Gasteiger partial charge in [0.2, 0.25) is 0 Å². The Morgan fingerprint density at radius 1 is 1.05 bits per heavy atom. The second kappa shape index (κ2) is 6.33. The molecule has 0 heterocycles. The monoisotopic (exact) mass is 291 g/mol. The summed E-state index contributed by atoms with van der Waals surface area (Å²) in [5.41, 5.74) is 8.58. The van der Waals surface area contributed by atoms with Crippen LogP contribution >= 0.6 is 0 Å². The maximum Gasteiger partial charge on any atom is 0.129 e. The molecule has 112 valence electrons. The SMILES string of the molecule is Cc1ccc(C)c(C(O)C(CN)c2ccc(F)cc2F)c1. The summed E-state index contributed by atoms with van der Waals surface area (Å²) in [6.07, 6.45) is -0.935. The molecule has 0 aromatic heterocycles. The van der Waals surface area contributed by atoms with Gasteiger partial charge in [0.25, 0.3) is 0 Å². The Morgan fingerprint density at radius 3 is 2.38 bits per heavy atom. The summed E-state index contributed by atoms with van der Waals surface area (Å²) >= 11 is 0. The summed E-state index contributed by atoms with van der Waals surface area (Å²) < 4.78 is 27.0. The van der Waals surface area contributed by atoms with Gasteiger partial charge in [-0.3, -0.25) is 0 Å². The Kier molecular flexibility index (Phi) is 4.70. The van der Waals surface area contributed by atoms with Crippen molar-refractivity contribution in [3.63, 3.8) is 0 Å². The van der Waals surface area contributed by atoms with Gasteiger partial charge < -0.3 is 10.8 Å². The lowest BCUT2D eigenvalue weighted by molar-refractivity contribution is 0.145. The minimum atomic E-state index is -0.935. The van der Waals surface area contributed by atoms with Crippen LogP contribution in [0.4, 0.5) is 8.78 Å². The molecule has 2 aromatic rings. The number of nitrogens with two attached hydrogens (primary N) is 1. The second-order valence-electron chi connectivity index (χ2n) is 5.31. The zero-order valence-corrected chi connectivity index (χ0v) is 12.1. The number of hydrogen-bond acceptors (Lipinski definition) is 2. The van der Waals surface area contributed by atoms with Gasteiger partial charge in [0.1, 0.15) is 11.6 Å². The summed E-state index contributed by atoms with van der Waals surface area (Å²) in [6, 6.07) is 9.05. The molecule has 0 aliphatic rings. The number of aliphatic hydroxyl groups excluding tert-OH is 1. The van der Waals surface area contributed by atoms with Crippen LogP contribution in [0.3, 0.4) is 0 Å². The van der Waals surface area contributed by atoms with E-state index in [1.54, 1.807) is 0 Å². The van der Waals surface area contributed by atoms with Gasteiger partial charge in [-0.05, 0) is 36.6 Å². The third-order valence-electron chi connectivity index (χ3n) is 3.75. The van der Waals surface area contributed by atoms with Gasteiger partial charge in [-0.1, -0.05) is 29.8 Å². The summed E-state index contributed by atoms with van der Waals surface area (Å²) in [5.74, 6) is -1.95. The van der Waals surface area contributed by atoms with Crippen LogP contribution in [0.15, 0.2) is 36.4 Å². The largest absolute Gasteiger partial charge is 0.388 e. The quantitative estimate of drug-likeness (QED) is 0.907. The zero-order valence-electron chi connectivity index (χ0n) is 12.1. The van der Waals surface area contributed by atoms with Crippen molar-refractivity contribution >= 4 is 0 Å². The van der Waals surface area contributed by atoms with E-state index >= 15 is 0 Å². The maximum atomic E-state index is 13.9. The maximum absolute atomic E-state index is 13.9. The highest BCUT2D eigenvalue weighted by Crippen LogP contribution is 2.33. The number of aryl methyl sites for hydroxylation is 2. The number of aliphatic hydroxyl groups is 1.